The quantitative estimate of drug-likeness (QED) is 0.727. The van der Waals surface area contributed by atoms with Gasteiger partial charge in [-0.25, -0.2) is 4.79 Å². The molecule has 5 heteroatoms. The van der Waals surface area contributed by atoms with Crippen molar-refractivity contribution >= 4 is 6.09 Å². The number of alkyl carbamates (subject to hydrolysis) is 1. The molecule has 0 heterocycles. The number of rotatable bonds is 6. The van der Waals surface area contributed by atoms with Crippen LogP contribution in [0.4, 0.5) is 4.79 Å². The molecule has 1 fully saturated rings. The molecule has 112 valence electrons. The number of nitrogens with one attached hydrogen (secondary N) is 1. The predicted molar refractivity (Wildman–Crippen MR) is 75.0 cm³/mol. The van der Waals surface area contributed by atoms with Crippen LogP contribution in [0.5, 0.6) is 0 Å². The van der Waals surface area contributed by atoms with E-state index in [1.807, 2.05) is 20.8 Å². The number of unbranched alkanes of at least 4 members (excludes halogenated alkanes) is 1. The van der Waals surface area contributed by atoms with Gasteiger partial charge in [-0.2, -0.15) is 0 Å². The minimum atomic E-state index is -0.485. The van der Waals surface area contributed by atoms with Crippen molar-refractivity contribution in [2.45, 2.75) is 70.6 Å². The zero-order valence-corrected chi connectivity index (χ0v) is 12.6. The van der Waals surface area contributed by atoms with Crippen LogP contribution >= 0.6 is 0 Å². The summed E-state index contributed by atoms with van der Waals surface area (Å²) in [7, 11) is 0. The Kier molecular flexibility index (Phi) is 5.62. The summed E-state index contributed by atoms with van der Waals surface area (Å²) in [6.45, 7) is 8.88. The second kappa shape index (κ2) is 6.57. The lowest BCUT2D eigenvalue weighted by molar-refractivity contribution is -0.0551. The second-order valence-corrected chi connectivity index (χ2v) is 6.37. The topological polar surface area (TPSA) is 73.6 Å². The lowest BCUT2D eigenvalue weighted by Gasteiger charge is -2.47. The Hall–Kier alpha value is -0.810. The molecule has 0 bridgehead atoms. The molecule has 0 aromatic heterocycles. The van der Waals surface area contributed by atoms with Crippen molar-refractivity contribution in [1.82, 2.24) is 5.32 Å². The lowest BCUT2D eigenvalue weighted by Crippen LogP contribution is -2.64. The van der Waals surface area contributed by atoms with Crippen LogP contribution in [0, 0.1) is 0 Å². The standard InChI is InChI=1S/C14H28N2O3/c1-5-6-7-18-11-8-14(9-11,10-15)16-12(17)19-13(2,3)4/h11H,5-10,15H2,1-4H3,(H,16,17). The van der Waals surface area contributed by atoms with E-state index in [1.165, 1.54) is 0 Å². The molecule has 1 saturated carbocycles. The summed E-state index contributed by atoms with van der Waals surface area (Å²) in [6.07, 6.45) is 3.56. The van der Waals surface area contributed by atoms with Gasteiger partial charge in [0.25, 0.3) is 0 Å². The summed E-state index contributed by atoms with van der Waals surface area (Å²) in [6, 6.07) is 0. The van der Waals surface area contributed by atoms with Crippen LogP contribution in [-0.4, -0.2) is 36.5 Å². The molecule has 3 N–H and O–H groups in total. The molecule has 19 heavy (non-hydrogen) atoms. The average molecular weight is 272 g/mol. The molecular formula is C14H28N2O3. The van der Waals surface area contributed by atoms with Crippen LogP contribution < -0.4 is 11.1 Å². The van der Waals surface area contributed by atoms with Crippen LogP contribution in [0.2, 0.25) is 0 Å². The molecule has 1 aliphatic carbocycles. The van der Waals surface area contributed by atoms with Crippen LogP contribution in [0.25, 0.3) is 0 Å². The molecule has 0 radical (unpaired) electrons. The Balaban J connectivity index is 2.33. The molecule has 1 aliphatic rings. The summed E-state index contributed by atoms with van der Waals surface area (Å²) >= 11 is 0. The van der Waals surface area contributed by atoms with E-state index >= 15 is 0 Å². The van der Waals surface area contributed by atoms with Gasteiger partial charge in [0.1, 0.15) is 5.60 Å². The van der Waals surface area contributed by atoms with Gasteiger partial charge in [0.2, 0.25) is 0 Å². The van der Waals surface area contributed by atoms with E-state index in [-0.39, 0.29) is 11.6 Å². The van der Waals surface area contributed by atoms with Crippen molar-refractivity contribution in [1.29, 1.82) is 0 Å². The Labute approximate surface area is 116 Å². The molecule has 0 aromatic rings. The van der Waals surface area contributed by atoms with Gasteiger partial charge in [0.15, 0.2) is 0 Å². The first-order valence-corrected chi connectivity index (χ1v) is 7.13. The maximum Gasteiger partial charge on any atom is 0.408 e. The second-order valence-electron chi connectivity index (χ2n) is 6.37. The predicted octanol–water partition coefficient (Wildman–Crippen LogP) is 2.19. The zero-order valence-electron chi connectivity index (χ0n) is 12.6. The summed E-state index contributed by atoms with van der Waals surface area (Å²) in [4.78, 5) is 11.8. The third-order valence-electron chi connectivity index (χ3n) is 3.25. The number of carbonyl (C=O) groups is 1. The molecule has 0 saturated heterocycles. The van der Waals surface area contributed by atoms with Crippen molar-refractivity contribution in [3.05, 3.63) is 0 Å². The molecule has 0 spiro atoms. The molecular weight excluding hydrogens is 244 g/mol. The Morgan fingerprint density at radius 3 is 2.53 bits per heavy atom. The molecule has 1 rings (SSSR count). The van der Waals surface area contributed by atoms with E-state index in [0.717, 1.165) is 32.3 Å². The number of amides is 1. The van der Waals surface area contributed by atoms with E-state index in [9.17, 15) is 4.79 Å². The maximum absolute atomic E-state index is 11.8. The van der Waals surface area contributed by atoms with Gasteiger partial charge in [-0.05, 0) is 40.0 Å². The fraction of sp³-hybridized carbons (Fsp3) is 0.929. The average Bonchev–Trinajstić information content (AvgIpc) is 2.22. The highest BCUT2D eigenvalue weighted by Gasteiger charge is 2.45. The largest absolute Gasteiger partial charge is 0.444 e. The Morgan fingerprint density at radius 1 is 1.42 bits per heavy atom. The first kappa shape index (κ1) is 16.2. The van der Waals surface area contributed by atoms with Crippen LogP contribution in [0.1, 0.15) is 53.4 Å². The van der Waals surface area contributed by atoms with Crippen molar-refractivity contribution in [2.24, 2.45) is 5.73 Å². The summed E-state index contributed by atoms with van der Waals surface area (Å²) in [5.74, 6) is 0. The van der Waals surface area contributed by atoms with Crippen LogP contribution in [-0.2, 0) is 9.47 Å². The van der Waals surface area contributed by atoms with Crippen molar-refractivity contribution in [3.63, 3.8) is 0 Å². The molecule has 0 aliphatic heterocycles. The van der Waals surface area contributed by atoms with Gasteiger partial charge in [-0.15, -0.1) is 0 Å². The highest BCUT2D eigenvalue weighted by atomic mass is 16.6. The van der Waals surface area contributed by atoms with Gasteiger partial charge < -0.3 is 20.5 Å². The number of hydrogen-bond acceptors (Lipinski definition) is 4. The van der Waals surface area contributed by atoms with E-state index in [4.69, 9.17) is 15.2 Å². The Bertz CT molecular complexity index is 294. The molecule has 1 amide bonds. The molecule has 0 aromatic carbocycles. The number of ether oxygens (including phenoxy) is 2. The van der Waals surface area contributed by atoms with Crippen LogP contribution in [0.15, 0.2) is 0 Å². The molecule has 5 nitrogen and oxygen atoms in total. The van der Waals surface area contributed by atoms with Gasteiger partial charge in [0, 0.05) is 13.2 Å². The minimum Gasteiger partial charge on any atom is -0.444 e. The highest BCUT2D eigenvalue weighted by molar-refractivity contribution is 5.69. The van der Waals surface area contributed by atoms with Gasteiger partial charge in [-0.3, -0.25) is 0 Å². The zero-order chi connectivity index (χ0) is 14.5. The lowest BCUT2D eigenvalue weighted by atomic mass is 9.74. The monoisotopic (exact) mass is 272 g/mol. The van der Waals surface area contributed by atoms with E-state index in [0.29, 0.717) is 6.54 Å². The normalized spacial score (nSPS) is 26.7. The highest BCUT2D eigenvalue weighted by Crippen LogP contribution is 2.34. The SMILES string of the molecule is CCCCOC1CC(CN)(NC(=O)OC(C)(C)C)C1. The number of hydrogen-bond donors (Lipinski definition) is 2. The molecule has 0 atom stereocenters. The fourth-order valence-corrected chi connectivity index (χ4v) is 2.16. The first-order valence-electron chi connectivity index (χ1n) is 7.13. The summed E-state index contributed by atoms with van der Waals surface area (Å²) in [5, 5.41) is 2.89. The van der Waals surface area contributed by atoms with E-state index < -0.39 is 11.7 Å². The van der Waals surface area contributed by atoms with Crippen LogP contribution in [0.3, 0.4) is 0 Å². The van der Waals surface area contributed by atoms with Gasteiger partial charge in [0.05, 0.1) is 11.6 Å². The maximum atomic E-state index is 11.8. The smallest absolute Gasteiger partial charge is 0.408 e. The third kappa shape index (κ3) is 5.37. The third-order valence-corrected chi connectivity index (χ3v) is 3.25. The van der Waals surface area contributed by atoms with E-state index in [1.54, 1.807) is 0 Å². The van der Waals surface area contributed by atoms with Gasteiger partial charge in [-0.1, -0.05) is 13.3 Å². The van der Waals surface area contributed by atoms with Crippen molar-refractivity contribution in [2.75, 3.05) is 13.2 Å². The number of nitrogens with two attached hydrogens (primary N) is 1. The summed E-state index contributed by atoms with van der Waals surface area (Å²) in [5.41, 5.74) is 4.94. The first-order chi connectivity index (χ1) is 8.80. The summed E-state index contributed by atoms with van der Waals surface area (Å²) < 4.78 is 11.0. The van der Waals surface area contributed by atoms with Gasteiger partial charge >= 0.3 is 6.09 Å². The molecule has 0 unspecified atom stereocenters. The fourth-order valence-electron chi connectivity index (χ4n) is 2.16. The van der Waals surface area contributed by atoms with E-state index in [2.05, 4.69) is 12.2 Å². The minimum absolute atomic E-state index is 0.213. The van der Waals surface area contributed by atoms with Crippen molar-refractivity contribution in [3.8, 4) is 0 Å². The van der Waals surface area contributed by atoms with Crippen molar-refractivity contribution < 1.29 is 14.3 Å². The Morgan fingerprint density at radius 2 is 2.05 bits per heavy atom. The number of carbonyl (C=O) groups excluding carboxylic acids is 1.